The number of para-hydroxylation sites is 3. The van der Waals surface area contributed by atoms with E-state index in [4.69, 9.17) is 23.8 Å². The molecular weight excluding hydrogens is 845 g/mol. The third kappa shape index (κ3) is 6.38. The maximum atomic E-state index is 7.05. The molecule has 0 aliphatic heterocycles. The van der Waals surface area contributed by atoms with Crippen LogP contribution in [0.4, 0.5) is 0 Å². The van der Waals surface area contributed by atoms with Gasteiger partial charge in [-0.1, -0.05) is 176 Å². The molecule has 322 valence electrons. The molecule has 14 rings (SSSR count). The maximum absolute atomic E-state index is 7.05. The Balaban J connectivity index is 1.00. The summed E-state index contributed by atoms with van der Waals surface area (Å²) in [4.78, 5) is 15.1. The highest BCUT2D eigenvalue weighted by Crippen LogP contribution is 2.47. The maximum Gasteiger partial charge on any atom is 0.164 e. The number of hydrogen-bond acceptors (Lipinski definition) is 5. The number of hydrogen-bond donors (Lipinski definition) is 0. The van der Waals surface area contributed by atoms with E-state index in [-0.39, 0.29) is 0 Å². The van der Waals surface area contributed by atoms with Crippen LogP contribution in [0.1, 0.15) is 0 Å². The van der Waals surface area contributed by atoms with Gasteiger partial charge in [0.1, 0.15) is 22.3 Å². The van der Waals surface area contributed by atoms with Crippen molar-refractivity contribution in [3.8, 4) is 73.2 Å². The van der Waals surface area contributed by atoms with Crippen molar-refractivity contribution in [1.82, 2.24) is 19.5 Å². The van der Waals surface area contributed by atoms with Crippen LogP contribution in [0.3, 0.4) is 0 Å². The highest BCUT2D eigenvalue weighted by molar-refractivity contribution is 6.19. The Morgan fingerprint density at radius 3 is 1.57 bits per heavy atom. The molecule has 0 fully saturated rings. The standard InChI is InChI=1S/C63H38N4O2/c1-4-17-39(18-5-1)42-31-34-54-50(36-42)46-25-10-13-28-53(46)67(54)55-37-52-47-26-11-14-29-56(47)68-58(52)38-51(55)48-33-32-45(59-49-27-12-15-30-57(49)69-60(48)59)43-23-16-24-44(35-43)63-65-61(40-19-6-2-7-20-40)64-62(66-63)41-21-8-3-9-22-41/h1-38H. The molecule has 10 aromatic carbocycles. The fraction of sp³-hybridized carbons (Fsp3) is 0. The number of furan rings is 2. The second kappa shape index (κ2) is 15.6. The largest absolute Gasteiger partial charge is 0.456 e. The average Bonchev–Trinajstić information content (AvgIpc) is 4.10. The van der Waals surface area contributed by atoms with E-state index in [0.29, 0.717) is 17.5 Å². The Bertz CT molecular complexity index is 4250. The van der Waals surface area contributed by atoms with E-state index >= 15 is 0 Å². The lowest BCUT2D eigenvalue weighted by Gasteiger charge is -2.16. The fourth-order valence-corrected chi connectivity index (χ4v) is 10.2. The van der Waals surface area contributed by atoms with Gasteiger partial charge in [0, 0.05) is 60.1 Å². The normalized spacial score (nSPS) is 11.8. The molecule has 0 atom stereocenters. The van der Waals surface area contributed by atoms with E-state index in [1.807, 2.05) is 78.9 Å². The van der Waals surface area contributed by atoms with Crippen molar-refractivity contribution in [3.63, 3.8) is 0 Å². The van der Waals surface area contributed by atoms with Gasteiger partial charge < -0.3 is 13.4 Å². The van der Waals surface area contributed by atoms with Crippen LogP contribution in [0, 0.1) is 0 Å². The van der Waals surface area contributed by atoms with Crippen LogP contribution < -0.4 is 0 Å². The van der Waals surface area contributed by atoms with Crippen LogP contribution >= 0.6 is 0 Å². The topological polar surface area (TPSA) is 69.9 Å². The quantitative estimate of drug-likeness (QED) is 0.159. The molecule has 69 heavy (non-hydrogen) atoms. The molecule has 0 radical (unpaired) electrons. The van der Waals surface area contributed by atoms with Gasteiger partial charge in [-0.2, -0.15) is 0 Å². The minimum atomic E-state index is 0.598. The molecule has 0 aliphatic carbocycles. The van der Waals surface area contributed by atoms with Gasteiger partial charge in [-0.05, 0) is 76.9 Å². The molecule has 0 saturated heterocycles. The summed E-state index contributed by atoms with van der Waals surface area (Å²) in [6.45, 7) is 0. The monoisotopic (exact) mass is 882 g/mol. The molecule has 6 heteroatoms. The molecule has 6 nitrogen and oxygen atoms in total. The summed E-state index contributed by atoms with van der Waals surface area (Å²) >= 11 is 0. The summed E-state index contributed by atoms with van der Waals surface area (Å²) in [6.07, 6.45) is 0. The van der Waals surface area contributed by atoms with E-state index in [9.17, 15) is 0 Å². The Hall–Kier alpha value is -9.39. The smallest absolute Gasteiger partial charge is 0.164 e. The zero-order valence-electron chi connectivity index (χ0n) is 37.0. The second-order valence-corrected chi connectivity index (χ2v) is 17.5. The molecule has 0 bridgehead atoms. The Labute approximate surface area is 396 Å². The zero-order valence-corrected chi connectivity index (χ0v) is 37.0. The molecule has 0 unspecified atom stereocenters. The van der Waals surface area contributed by atoms with Gasteiger partial charge in [-0.3, -0.25) is 0 Å². The summed E-state index contributed by atoms with van der Waals surface area (Å²) in [6, 6.07) is 80.4. The summed E-state index contributed by atoms with van der Waals surface area (Å²) in [5.74, 6) is 1.84. The van der Waals surface area contributed by atoms with Crippen LogP contribution in [-0.2, 0) is 0 Å². The first kappa shape index (κ1) is 38.8. The first-order valence-corrected chi connectivity index (χ1v) is 23.2. The lowest BCUT2D eigenvalue weighted by atomic mass is 9.92. The van der Waals surface area contributed by atoms with Crippen molar-refractivity contribution in [2.45, 2.75) is 0 Å². The number of aromatic nitrogens is 4. The molecule has 4 heterocycles. The summed E-state index contributed by atoms with van der Waals surface area (Å²) in [5, 5.41) is 6.54. The van der Waals surface area contributed by atoms with Gasteiger partial charge in [0.15, 0.2) is 17.5 Å². The Morgan fingerprint density at radius 2 is 0.841 bits per heavy atom. The van der Waals surface area contributed by atoms with Gasteiger partial charge >= 0.3 is 0 Å². The van der Waals surface area contributed by atoms with Crippen molar-refractivity contribution in [3.05, 3.63) is 231 Å². The molecule has 0 spiro atoms. The SMILES string of the molecule is c1ccc(-c2ccc3c(c2)c2ccccc2n3-c2cc3c(cc2-c2ccc(-c4cccc(-c5nc(-c6ccccc6)nc(-c6ccccc6)n5)c4)c4c2oc2ccccc24)oc2ccccc23)cc1. The molecule has 0 amide bonds. The summed E-state index contributed by atoms with van der Waals surface area (Å²) < 4.78 is 16.1. The first-order valence-electron chi connectivity index (χ1n) is 23.2. The molecule has 0 N–H and O–H groups in total. The van der Waals surface area contributed by atoms with Gasteiger partial charge in [-0.15, -0.1) is 0 Å². The molecule has 0 saturated carbocycles. The van der Waals surface area contributed by atoms with Crippen LogP contribution in [0.5, 0.6) is 0 Å². The van der Waals surface area contributed by atoms with Gasteiger partial charge in [0.25, 0.3) is 0 Å². The lowest BCUT2D eigenvalue weighted by Crippen LogP contribution is -2.00. The van der Waals surface area contributed by atoms with E-state index < -0.39 is 0 Å². The molecule has 14 aromatic rings. The highest BCUT2D eigenvalue weighted by atomic mass is 16.3. The minimum Gasteiger partial charge on any atom is -0.456 e. The van der Waals surface area contributed by atoms with E-state index in [0.717, 1.165) is 99.5 Å². The van der Waals surface area contributed by atoms with Crippen LogP contribution in [0.15, 0.2) is 239 Å². The third-order valence-corrected chi connectivity index (χ3v) is 13.5. The van der Waals surface area contributed by atoms with Crippen molar-refractivity contribution in [2.24, 2.45) is 0 Å². The average molecular weight is 883 g/mol. The molecule has 4 aromatic heterocycles. The van der Waals surface area contributed by atoms with E-state index in [2.05, 4.69) is 156 Å². The number of benzene rings is 10. The van der Waals surface area contributed by atoms with Gasteiger partial charge in [-0.25, -0.2) is 15.0 Å². The predicted molar refractivity (Wildman–Crippen MR) is 281 cm³/mol. The van der Waals surface area contributed by atoms with Crippen LogP contribution in [0.2, 0.25) is 0 Å². The first-order chi connectivity index (χ1) is 34.2. The van der Waals surface area contributed by atoms with Crippen molar-refractivity contribution in [2.75, 3.05) is 0 Å². The van der Waals surface area contributed by atoms with Gasteiger partial charge in [0.05, 0.1) is 16.7 Å². The van der Waals surface area contributed by atoms with Crippen molar-refractivity contribution >= 4 is 65.7 Å². The highest BCUT2D eigenvalue weighted by Gasteiger charge is 2.24. The fourth-order valence-electron chi connectivity index (χ4n) is 10.2. The number of fused-ring (bicyclic) bond motifs is 9. The lowest BCUT2D eigenvalue weighted by molar-refractivity contribution is 0.668. The second-order valence-electron chi connectivity index (χ2n) is 17.5. The zero-order chi connectivity index (χ0) is 45.4. The van der Waals surface area contributed by atoms with E-state index in [1.165, 1.54) is 21.9 Å². The van der Waals surface area contributed by atoms with Gasteiger partial charge in [0.2, 0.25) is 0 Å². The number of nitrogens with zero attached hydrogens (tertiary/aromatic N) is 4. The summed E-state index contributed by atoms with van der Waals surface area (Å²) in [7, 11) is 0. The van der Waals surface area contributed by atoms with Crippen molar-refractivity contribution in [1.29, 1.82) is 0 Å². The Kier molecular flexibility index (Phi) is 8.79. The van der Waals surface area contributed by atoms with Crippen LogP contribution in [-0.4, -0.2) is 19.5 Å². The predicted octanol–water partition coefficient (Wildman–Crippen LogP) is 16.8. The third-order valence-electron chi connectivity index (χ3n) is 13.5. The molecule has 0 aliphatic rings. The number of rotatable bonds is 7. The van der Waals surface area contributed by atoms with E-state index in [1.54, 1.807) is 0 Å². The van der Waals surface area contributed by atoms with Crippen molar-refractivity contribution < 1.29 is 8.83 Å². The van der Waals surface area contributed by atoms with Crippen LogP contribution in [0.25, 0.3) is 139 Å². The molecular formula is C63H38N4O2. The Morgan fingerprint density at radius 1 is 0.290 bits per heavy atom. The summed E-state index contributed by atoms with van der Waals surface area (Å²) in [5.41, 5.74) is 15.6. The minimum absolute atomic E-state index is 0.598.